The molecule has 1 aromatic rings. The first kappa shape index (κ1) is 8.98. The molecule has 0 aromatic heterocycles. The predicted molar refractivity (Wildman–Crippen MR) is 40.1 cm³/mol. The first-order chi connectivity index (χ1) is 4.81. The molecule has 0 saturated heterocycles. The van der Waals surface area contributed by atoms with Crippen LogP contribution in [-0.4, -0.2) is 11.6 Å². The molecule has 0 atom stereocenters. The Kier molecular flexibility index (Phi) is 5.48. The van der Waals surface area contributed by atoms with E-state index in [0.29, 0.717) is 0 Å². The fourth-order valence-electron chi connectivity index (χ4n) is 0.415. The first-order valence-corrected chi connectivity index (χ1v) is 2.97. The predicted octanol–water partition coefficient (Wildman–Crippen LogP) is 2.04. The molecule has 0 aliphatic heterocycles. The van der Waals surface area contributed by atoms with Crippen LogP contribution in [0.5, 0.6) is 0 Å². The van der Waals surface area contributed by atoms with Crippen molar-refractivity contribution in [3.8, 4) is 0 Å². The van der Waals surface area contributed by atoms with Crippen LogP contribution in [0.15, 0.2) is 30.3 Å². The fourth-order valence-corrected chi connectivity index (χ4v) is 0.560. The van der Waals surface area contributed by atoms with Gasteiger partial charge in [0.15, 0.2) is 0 Å². The fraction of sp³-hybridized carbons (Fsp3) is 0. The molecule has 0 heterocycles. The van der Waals surface area contributed by atoms with E-state index in [0.717, 1.165) is 5.02 Å². The van der Waals surface area contributed by atoms with E-state index in [-0.39, 0.29) is 6.47 Å². The Balaban J connectivity index is 0.000000236. The SMILES string of the molecule is Clc1ccccc1.O=CO. The maximum atomic E-state index is 8.36. The molecule has 0 aliphatic carbocycles. The maximum absolute atomic E-state index is 8.36. The maximum Gasteiger partial charge on any atom is 0.290 e. The van der Waals surface area contributed by atoms with Gasteiger partial charge in [0.1, 0.15) is 0 Å². The second-order valence-electron chi connectivity index (χ2n) is 1.40. The van der Waals surface area contributed by atoms with Crippen molar-refractivity contribution in [1.82, 2.24) is 0 Å². The number of benzene rings is 1. The van der Waals surface area contributed by atoms with Crippen LogP contribution < -0.4 is 0 Å². The molecule has 0 radical (unpaired) electrons. The Bertz CT molecular complexity index is 174. The molecule has 1 N–H and O–H groups in total. The van der Waals surface area contributed by atoms with E-state index in [1.807, 2.05) is 30.3 Å². The van der Waals surface area contributed by atoms with Crippen LogP contribution in [-0.2, 0) is 4.79 Å². The summed E-state index contributed by atoms with van der Waals surface area (Å²) in [5, 5.41) is 7.68. The minimum absolute atomic E-state index is 0.250. The van der Waals surface area contributed by atoms with E-state index >= 15 is 0 Å². The summed E-state index contributed by atoms with van der Waals surface area (Å²) in [5.41, 5.74) is 0. The van der Waals surface area contributed by atoms with Crippen molar-refractivity contribution in [2.24, 2.45) is 0 Å². The number of hydrogen-bond donors (Lipinski definition) is 1. The summed E-state index contributed by atoms with van der Waals surface area (Å²) in [7, 11) is 0. The highest BCUT2D eigenvalue weighted by molar-refractivity contribution is 6.30. The van der Waals surface area contributed by atoms with Gasteiger partial charge in [-0.1, -0.05) is 29.8 Å². The van der Waals surface area contributed by atoms with E-state index in [9.17, 15) is 0 Å². The lowest BCUT2D eigenvalue weighted by Gasteiger charge is -1.80. The molecule has 1 rings (SSSR count). The van der Waals surface area contributed by atoms with Crippen molar-refractivity contribution in [2.45, 2.75) is 0 Å². The van der Waals surface area contributed by atoms with Crippen molar-refractivity contribution >= 4 is 18.1 Å². The molecule has 10 heavy (non-hydrogen) atoms. The van der Waals surface area contributed by atoms with Crippen LogP contribution in [0.25, 0.3) is 0 Å². The minimum Gasteiger partial charge on any atom is -0.483 e. The number of carbonyl (C=O) groups is 1. The van der Waals surface area contributed by atoms with Crippen LogP contribution in [0.1, 0.15) is 0 Å². The molecule has 3 heteroatoms. The molecule has 0 saturated carbocycles. The highest BCUT2D eigenvalue weighted by Crippen LogP contribution is 2.03. The topological polar surface area (TPSA) is 37.3 Å². The van der Waals surface area contributed by atoms with Gasteiger partial charge in [-0.15, -0.1) is 0 Å². The molecular formula is C7H7ClO2. The quantitative estimate of drug-likeness (QED) is 0.587. The normalized spacial score (nSPS) is 7.30. The Morgan fingerprint density at radius 1 is 1.30 bits per heavy atom. The molecule has 54 valence electrons. The largest absolute Gasteiger partial charge is 0.483 e. The van der Waals surface area contributed by atoms with Gasteiger partial charge >= 0.3 is 0 Å². The van der Waals surface area contributed by atoms with Gasteiger partial charge in [-0.05, 0) is 12.1 Å². The van der Waals surface area contributed by atoms with Gasteiger partial charge < -0.3 is 5.11 Å². The standard InChI is InChI=1S/C6H5Cl.CH2O2/c7-6-4-2-1-3-5-6;2-1-3/h1-5H;1H,(H,2,3). The zero-order valence-electron chi connectivity index (χ0n) is 5.20. The van der Waals surface area contributed by atoms with Crippen LogP contribution in [0.3, 0.4) is 0 Å². The number of carboxylic acid groups (broad SMARTS) is 1. The molecule has 1 aromatic carbocycles. The van der Waals surface area contributed by atoms with E-state index < -0.39 is 0 Å². The van der Waals surface area contributed by atoms with Crippen molar-refractivity contribution in [1.29, 1.82) is 0 Å². The van der Waals surface area contributed by atoms with Gasteiger partial charge in [0.05, 0.1) is 0 Å². The zero-order valence-corrected chi connectivity index (χ0v) is 5.95. The molecular weight excluding hydrogens is 152 g/mol. The third kappa shape index (κ3) is 5.12. The lowest BCUT2D eigenvalue weighted by Crippen LogP contribution is -1.55. The number of rotatable bonds is 0. The summed E-state index contributed by atoms with van der Waals surface area (Å²) in [6, 6.07) is 9.44. The van der Waals surface area contributed by atoms with Crippen LogP contribution in [0, 0.1) is 0 Å². The average molecular weight is 159 g/mol. The minimum atomic E-state index is -0.250. The summed E-state index contributed by atoms with van der Waals surface area (Å²) >= 11 is 5.54. The summed E-state index contributed by atoms with van der Waals surface area (Å²) in [6.45, 7) is -0.250. The summed E-state index contributed by atoms with van der Waals surface area (Å²) in [5.74, 6) is 0. The third-order valence-corrected chi connectivity index (χ3v) is 0.985. The van der Waals surface area contributed by atoms with Crippen LogP contribution >= 0.6 is 11.6 Å². The van der Waals surface area contributed by atoms with Gasteiger partial charge in [0.25, 0.3) is 6.47 Å². The highest BCUT2D eigenvalue weighted by Gasteiger charge is 1.74. The van der Waals surface area contributed by atoms with Crippen LogP contribution in [0.2, 0.25) is 5.02 Å². The van der Waals surface area contributed by atoms with E-state index in [2.05, 4.69) is 0 Å². The smallest absolute Gasteiger partial charge is 0.290 e. The Morgan fingerprint density at radius 2 is 1.70 bits per heavy atom. The second-order valence-corrected chi connectivity index (χ2v) is 1.84. The van der Waals surface area contributed by atoms with Gasteiger partial charge in [-0.3, -0.25) is 4.79 Å². The van der Waals surface area contributed by atoms with Gasteiger partial charge in [0.2, 0.25) is 0 Å². The third-order valence-electron chi connectivity index (χ3n) is 0.733. The Morgan fingerprint density at radius 3 is 1.90 bits per heavy atom. The number of hydrogen-bond acceptors (Lipinski definition) is 1. The van der Waals surface area contributed by atoms with Gasteiger partial charge in [0, 0.05) is 5.02 Å². The van der Waals surface area contributed by atoms with E-state index in [1.165, 1.54) is 0 Å². The molecule has 0 bridgehead atoms. The molecule has 0 spiro atoms. The van der Waals surface area contributed by atoms with Crippen LogP contribution in [0.4, 0.5) is 0 Å². The monoisotopic (exact) mass is 158 g/mol. The second kappa shape index (κ2) is 6.11. The Labute approximate surface area is 64.1 Å². The van der Waals surface area contributed by atoms with Crippen molar-refractivity contribution < 1.29 is 9.90 Å². The summed E-state index contributed by atoms with van der Waals surface area (Å²) in [6.07, 6.45) is 0. The zero-order chi connectivity index (χ0) is 7.82. The van der Waals surface area contributed by atoms with E-state index in [4.69, 9.17) is 21.5 Å². The molecule has 0 fully saturated rings. The van der Waals surface area contributed by atoms with Gasteiger partial charge in [-0.2, -0.15) is 0 Å². The molecule has 0 amide bonds. The summed E-state index contributed by atoms with van der Waals surface area (Å²) in [4.78, 5) is 8.36. The molecule has 2 nitrogen and oxygen atoms in total. The average Bonchev–Trinajstić information content (AvgIpc) is 1.91. The van der Waals surface area contributed by atoms with E-state index in [1.54, 1.807) is 0 Å². The number of halogens is 1. The van der Waals surface area contributed by atoms with Crippen molar-refractivity contribution in [3.63, 3.8) is 0 Å². The van der Waals surface area contributed by atoms with Crippen molar-refractivity contribution in [2.75, 3.05) is 0 Å². The van der Waals surface area contributed by atoms with Crippen molar-refractivity contribution in [3.05, 3.63) is 35.4 Å². The molecule has 0 aliphatic rings. The first-order valence-electron chi connectivity index (χ1n) is 2.59. The lowest BCUT2D eigenvalue weighted by molar-refractivity contribution is -0.122. The summed E-state index contributed by atoms with van der Waals surface area (Å²) < 4.78 is 0. The Hall–Kier alpha value is -1.02. The van der Waals surface area contributed by atoms with Gasteiger partial charge in [-0.25, -0.2) is 0 Å². The lowest BCUT2D eigenvalue weighted by atomic mass is 10.4. The highest BCUT2D eigenvalue weighted by atomic mass is 35.5. The molecule has 0 unspecified atom stereocenters.